The summed E-state index contributed by atoms with van der Waals surface area (Å²) in [5.41, 5.74) is 1.36. The Labute approximate surface area is 146 Å². The second kappa shape index (κ2) is 6.47. The molecule has 0 saturated heterocycles. The molecule has 1 aromatic carbocycles. The van der Waals surface area contributed by atoms with E-state index in [1.807, 2.05) is 12.1 Å². The van der Waals surface area contributed by atoms with Crippen molar-refractivity contribution in [3.63, 3.8) is 0 Å². The van der Waals surface area contributed by atoms with Crippen molar-refractivity contribution in [2.24, 2.45) is 0 Å². The molecule has 0 amide bonds. The minimum absolute atomic E-state index is 0.0292. The summed E-state index contributed by atoms with van der Waals surface area (Å²) in [7, 11) is -7.37. The molecule has 1 unspecified atom stereocenters. The highest BCUT2D eigenvalue weighted by Gasteiger charge is 2.39. The van der Waals surface area contributed by atoms with Gasteiger partial charge in [-0.2, -0.15) is 4.72 Å². The number of nitrogens with zero attached hydrogens (tertiary/aromatic N) is 1. The largest absolute Gasteiger partial charge is 0.252 e. The number of anilines is 1. The van der Waals surface area contributed by atoms with Gasteiger partial charge in [-0.05, 0) is 29.5 Å². The first-order valence-corrected chi connectivity index (χ1v) is 11.5. The van der Waals surface area contributed by atoms with Crippen LogP contribution in [-0.4, -0.2) is 28.8 Å². The van der Waals surface area contributed by atoms with Crippen molar-refractivity contribution in [3.05, 3.63) is 47.3 Å². The first kappa shape index (κ1) is 17.4. The number of sulfonamides is 2. The number of hydrogen-bond donors (Lipinski definition) is 1. The number of nitrogens with one attached hydrogen (secondary N) is 1. The third-order valence-corrected chi connectivity index (χ3v) is 8.57. The van der Waals surface area contributed by atoms with Gasteiger partial charge in [0.05, 0.1) is 11.4 Å². The molecule has 2 aromatic rings. The van der Waals surface area contributed by atoms with E-state index < -0.39 is 26.2 Å². The van der Waals surface area contributed by atoms with E-state index in [-0.39, 0.29) is 9.96 Å². The SMILES string of the molecule is CCCS(=O)(=O)N1c2ccccc2CC1NS(=O)(=O)c1cccs1. The zero-order chi connectivity index (χ0) is 17.4. The standard InChI is InChI=1S/C15H18N2O4S3/c1-2-10-23(18,19)17-13-7-4-3-6-12(13)11-14(17)16-24(20,21)15-8-5-9-22-15/h3-9,14,16H,2,10-11H2,1H3. The Balaban J connectivity index is 1.99. The summed E-state index contributed by atoms with van der Waals surface area (Å²) in [6, 6.07) is 10.3. The maximum absolute atomic E-state index is 12.7. The number of thiophene rings is 1. The van der Waals surface area contributed by atoms with E-state index in [0.29, 0.717) is 18.5 Å². The molecule has 0 radical (unpaired) electrons. The lowest BCUT2D eigenvalue weighted by molar-refractivity contribution is 0.550. The smallest absolute Gasteiger partial charge is 0.251 e. The lowest BCUT2D eigenvalue weighted by atomic mass is 10.2. The second-order valence-corrected chi connectivity index (χ2v) is 10.4. The van der Waals surface area contributed by atoms with Crippen molar-refractivity contribution in [1.82, 2.24) is 4.72 Å². The summed E-state index contributed by atoms with van der Waals surface area (Å²) in [5, 5.41) is 1.67. The third kappa shape index (κ3) is 3.21. The Hall–Kier alpha value is -1.42. The molecule has 0 bridgehead atoms. The van der Waals surface area contributed by atoms with Gasteiger partial charge in [0.15, 0.2) is 0 Å². The van der Waals surface area contributed by atoms with E-state index in [4.69, 9.17) is 0 Å². The Kier molecular flexibility index (Phi) is 4.69. The van der Waals surface area contributed by atoms with Crippen LogP contribution in [0.25, 0.3) is 0 Å². The Bertz CT molecular complexity index is 921. The molecule has 3 rings (SSSR count). The molecule has 0 aliphatic carbocycles. The molecular formula is C15H18N2O4S3. The number of fused-ring (bicyclic) bond motifs is 1. The molecular weight excluding hydrogens is 368 g/mol. The summed E-state index contributed by atoms with van der Waals surface area (Å²) < 4.78 is 54.3. The van der Waals surface area contributed by atoms with Gasteiger partial charge in [0.25, 0.3) is 10.0 Å². The fourth-order valence-electron chi connectivity index (χ4n) is 2.80. The summed E-state index contributed by atoms with van der Waals surface area (Å²) >= 11 is 1.10. The zero-order valence-electron chi connectivity index (χ0n) is 13.0. The average Bonchev–Trinajstić information content (AvgIpc) is 3.14. The lowest BCUT2D eigenvalue weighted by Gasteiger charge is -2.27. The van der Waals surface area contributed by atoms with Crippen LogP contribution in [0.15, 0.2) is 46.0 Å². The number of benzene rings is 1. The van der Waals surface area contributed by atoms with Gasteiger partial charge in [-0.1, -0.05) is 31.2 Å². The quantitative estimate of drug-likeness (QED) is 0.825. The van der Waals surface area contributed by atoms with Gasteiger partial charge < -0.3 is 0 Å². The minimum Gasteiger partial charge on any atom is -0.252 e. The highest BCUT2D eigenvalue weighted by Crippen LogP contribution is 2.34. The van der Waals surface area contributed by atoms with Crippen molar-refractivity contribution < 1.29 is 16.8 Å². The van der Waals surface area contributed by atoms with Gasteiger partial charge in [-0.3, -0.25) is 4.31 Å². The molecule has 24 heavy (non-hydrogen) atoms. The van der Waals surface area contributed by atoms with Gasteiger partial charge in [0.1, 0.15) is 10.4 Å². The van der Waals surface area contributed by atoms with Gasteiger partial charge in [-0.15, -0.1) is 11.3 Å². The summed E-state index contributed by atoms with van der Waals surface area (Å²) in [6.45, 7) is 1.78. The maximum atomic E-state index is 12.7. The first-order chi connectivity index (χ1) is 11.3. The van der Waals surface area contributed by atoms with Crippen molar-refractivity contribution in [2.75, 3.05) is 10.1 Å². The number of rotatable bonds is 6. The Morgan fingerprint density at radius 1 is 1.17 bits per heavy atom. The topological polar surface area (TPSA) is 83.6 Å². The van der Waals surface area contributed by atoms with Crippen LogP contribution in [0.5, 0.6) is 0 Å². The van der Waals surface area contributed by atoms with Crippen molar-refractivity contribution in [2.45, 2.75) is 30.1 Å². The predicted molar refractivity (Wildman–Crippen MR) is 95.1 cm³/mol. The summed E-state index contributed by atoms with van der Waals surface area (Å²) in [6.07, 6.45) is -0.0687. The number of hydrogen-bond acceptors (Lipinski definition) is 5. The van der Waals surface area contributed by atoms with Gasteiger partial charge >= 0.3 is 0 Å². The fourth-order valence-corrected chi connectivity index (χ4v) is 6.76. The molecule has 0 saturated carbocycles. The van der Waals surface area contributed by atoms with E-state index in [2.05, 4.69) is 4.72 Å². The monoisotopic (exact) mass is 386 g/mol. The molecule has 1 aliphatic heterocycles. The van der Waals surface area contributed by atoms with Crippen LogP contribution in [0.4, 0.5) is 5.69 Å². The van der Waals surface area contributed by atoms with E-state index in [1.54, 1.807) is 30.5 Å². The molecule has 6 nitrogen and oxygen atoms in total. The fraction of sp³-hybridized carbons (Fsp3) is 0.333. The molecule has 130 valence electrons. The van der Waals surface area contributed by atoms with Crippen LogP contribution in [-0.2, 0) is 26.5 Å². The molecule has 1 N–H and O–H groups in total. The number of para-hydroxylation sites is 1. The van der Waals surface area contributed by atoms with Crippen molar-refractivity contribution >= 4 is 37.1 Å². The lowest BCUT2D eigenvalue weighted by Crippen LogP contribution is -2.49. The zero-order valence-corrected chi connectivity index (χ0v) is 15.5. The predicted octanol–water partition coefficient (Wildman–Crippen LogP) is 2.16. The van der Waals surface area contributed by atoms with Gasteiger partial charge in [-0.25, -0.2) is 16.8 Å². The van der Waals surface area contributed by atoms with E-state index in [9.17, 15) is 16.8 Å². The van der Waals surface area contributed by atoms with E-state index >= 15 is 0 Å². The molecule has 9 heteroatoms. The summed E-state index contributed by atoms with van der Waals surface area (Å²) in [5.74, 6) is -0.0292. The molecule has 0 fully saturated rings. The molecule has 2 heterocycles. The van der Waals surface area contributed by atoms with Gasteiger partial charge in [0, 0.05) is 6.42 Å². The molecule has 1 aliphatic rings. The molecule has 1 atom stereocenters. The first-order valence-electron chi connectivity index (χ1n) is 7.51. The molecule has 1 aromatic heterocycles. The Morgan fingerprint density at radius 3 is 2.58 bits per heavy atom. The van der Waals surface area contributed by atoms with E-state index in [1.165, 1.54) is 10.4 Å². The summed E-state index contributed by atoms with van der Waals surface area (Å²) in [4.78, 5) is 0. The van der Waals surface area contributed by atoms with Crippen molar-refractivity contribution in [1.29, 1.82) is 0 Å². The normalized spacial score (nSPS) is 17.9. The van der Waals surface area contributed by atoms with Crippen LogP contribution in [0.2, 0.25) is 0 Å². The Morgan fingerprint density at radius 2 is 1.92 bits per heavy atom. The minimum atomic E-state index is -3.76. The maximum Gasteiger partial charge on any atom is 0.251 e. The highest BCUT2D eigenvalue weighted by atomic mass is 32.2. The molecule has 0 spiro atoms. The van der Waals surface area contributed by atoms with Crippen molar-refractivity contribution in [3.8, 4) is 0 Å². The second-order valence-electron chi connectivity index (χ2n) is 5.51. The van der Waals surface area contributed by atoms with Crippen LogP contribution in [0.1, 0.15) is 18.9 Å². The third-order valence-electron chi connectivity index (χ3n) is 3.74. The van der Waals surface area contributed by atoms with Crippen LogP contribution in [0.3, 0.4) is 0 Å². The van der Waals surface area contributed by atoms with E-state index in [0.717, 1.165) is 16.9 Å². The van der Waals surface area contributed by atoms with Crippen LogP contribution >= 0.6 is 11.3 Å². The van der Waals surface area contributed by atoms with Crippen LogP contribution in [0, 0.1) is 0 Å². The average molecular weight is 387 g/mol. The highest BCUT2D eigenvalue weighted by molar-refractivity contribution is 7.93. The van der Waals surface area contributed by atoms with Gasteiger partial charge in [0.2, 0.25) is 10.0 Å². The van der Waals surface area contributed by atoms with Crippen LogP contribution < -0.4 is 9.03 Å².